The van der Waals surface area contributed by atoms with E-state index in [0.717, 1.165) is 25.7 Å². The fourth-order valence-corrected chi connectivity index (χ4v) is 5.42. The van der Waals surface area contributed by atoms with Crippen LogP contribution in [0.3, 0.4) is 0 Å². The summed E-state index contributed by atoms with van der Waals surface area (Å²) in [5, 5.41) is 5.77. The summed E-state index contributed by atoms with van der Waals surface area (Å²) < 4.78 is 0. The Bertz CT molecular complexity index is 927. The van der Waals surface area contributed by atoms with Crippen LogP contribution in [0.1, 0.15) is 75.1 Å². The molecule has 3 aliphatic rings. The number of carbonyl (C=O) groups is 4. The molecule has 2 N–H and O–H groups in total. The van der Waals surface area contributed by atoms with Gasteiger partial charge in [0, 0.05) is 38.4 Å². The van der Waals surface area contributed by atoms with Gasteiger partial charge in [0.05, 0.1) is 11.3 Å². The van der Waals surface area contributed by atoms with Gasteiger partial charge in [0.15, 0.2) is 0 Å². The molecule has 1 unspecified atom stereocenters. The lowest BCUT2D eigenvalue weighted by Gasteiger charge is -2.48. The van der Waals surface area contributed by atoms with Crippen LogP contribution in [0, 0.1) is 5.92 Å². The number of nitrogens with zero attached hydrogens (tertiary/aromatic N) is 2. The lowest BCUT2D eigenvalue weighted by molar-refractivity contribution is -0.126. The molecular weight excluding hydrogens is 420 g/mol. The highest BCUT2D eigenvalue weighted by molar-refractivity contribution is 6.10. The van der Waals surface area contributed by atoms with E-state index >= 15 is 0 Å². The second kappa shape index (κ2) is 9.93. The quantitative estimate of drug-likeness (QED) is 0.590. The summed E-state index contributed by atoms with van der Waals surface area (Å²) in [7, 11) is 0. The molecule has 0 bridgehead atoms. The third-order valence-electron chi connectivity index (χ3n) is 7.25. The lowest BCUT2D eigenvalue weighted by atomic mass is 9.89. The number of nitrogens with one attached hydrogen (secondary N) is 2. The first-order valence-electron chi connectivity index (χ1n) is 12.2. The van der Waals surface area contributed by atoms with Crippen molar-refractivity contribution in [1.29, 1.82) is 0 Å². The van der Waals surface area contributed by atoms with Crippen LogP contribution >= 0.6 is 0 Å². The normalized spacial score (nSPS) is 22.7. The third kappa shape index (κ3) is 4.75. The van der Waals surface area contributed by atoms with Crippen molar-refractivity contribution in [2.45, 2.75) is 70.4 Å². The van der Waals surface area contributed by atoms with Crippen molar-refractivity contribution in [2.75, 3.05) is 24.5 Å². The molecule has 1 aromatic carbocycles. The predicted molar refractivity (Wildman–Crippen MR) is 124 cm³/mol. The highest BCUT2D eigenvalue weighted by atomic mass is 16.2. The van der Waals surface area contributed by atoms with Gasteiger partial charge in [0.2, 0.25) is 17.7 Å². The first-order chi connectivity index (χ1) is 15.9. The van der Waals surface area contributed by atoms with Gasteiger partial charge in [-0.25, -0.2) is 0 Å². The zero-order valence-corrected chi connectivity index (χ0v) is 19.4. The largest absolute Gasteiger partial charge is 0.354 e. The number of fused-ring (bicyclic) bond motifs is 3. The molecule has 178 valence electrons. The van der Waals surface area contributed by atoms with Crippen LogP contribution in [0.25, 0.3) is 0 Å². The van der Waals surface area contributed by atoms with E-state index in [1.165, 1.54) is 6.42 Å². The SMILES string of the molecule is CC12CCC(=O)N1c1ccccc1C(=O)N2CCCC(=O)NCCNC(=O)C1CCCCC1. The molecule has 0 radical (unpaired) electrons. The smallest absolute Gasteiger partial charge is 0.257 e. The minimum Gasteiger partial charge on any atom is -0.354 e. The van der Waals surface area contributed by atoms with Crippen molar-refractivity contribution in [1.82, 2.24) is 15.5 Å². The molecule has 0 spiro atoms. The van der Waals surface area contributed by atoms with Crippen LogP contribution < -0.4 is 15.5 Å². The summed E-state index contributed by atoms with van der Waals surface area (Å²) in [5.74, 6) is 0.0402. The van der Waals surface area contributed by atoms with Crippen molar-refractivity contribution in [3.05, 3.63) is 29.8 Å². The maximum absolute atomic E-state index is 13.2. The second-order valence-corrected chi connectivity index (χ2v) is 9.50. The minimum absolute atomic E-state index is 0.0236. The molecule has 2 aliphatic heterocycles. The first kappa shape index (κ1) is 23.3. The van der Waals surface area contributed by atoms with E-state index in [1.807, 2.05) is 19.1 Å². The van der Waals surface area contributed by atoms with Crippen molar-refractivity contribution < 1.29 is 19.2 Å². The summed E-state index contributed by atoms with van der Waals surface area (Å²) in [6, 6.07) is 7.23. The van der Waals surface area contributed by atoms with Crippen molar-refractivity contribution in [3.63, 3.8) is 0 Å². The molecule has 4 rings (SSSR count). The standard InChI is InChI=1S/C25H34N4O4/c1-25-14-13-22(31)29(25)20-11-6-5-10-19(20)24(33)28(25)17-7-12-21(30)26-15-16-27-23(32)18-8-3-2-4-9-18/h5-6,10-11,18H,2-4,7-9,12-17H2,1H3,(H,26,30)(H,27,32). The van der Waals surface area contributed by atoms with Crippen molar-refractivity contribution >= 4 is 29.3 Å². The zero-order chi connectivity index (χ0) is 23.4. The molecule has 33 heavy (non-hydrogen) atoms. The van der Waals surface area contributed by atoms with E-state index in [2.05, 4.69) is 10.6 Å². The molecule has 1 atom stereocenters. The Hall–Kier alpha value is -2.90. The van der Waals surface area contributed by atoms with Gasteiger partial charge >= 0.3 is 0 Å². The fraction of sp³-hybridized carbons (Fsp3) is 0.600. The van der Waals surface area contributed by atoms with Crippen LogP contribution in [-0.2, 0) is 14.4 Å². The Morgan fingerprint density at radius 2 is 1.79 bits per heavy atom. The first-order valence-corrected chi connectivity index (χ1v) is 12.2. The van der Waals surface area contributed by atoms with E-state index in [-0.39, 0.29) is 36.0 Å². The van der Waals surface area contributed by atoms with Crippen LogP contribution in [0.4, 0.5) is 5.69 Å². The molecular formula is C25H34N4O4. The molecule has 8 nitrogen and oxygen atoms in total. The maximum Gasteiger partial charge on any atom is 0.257 e. The average Bonchev–Trinajstić information content (AvgIpc) is 3.14. The molecule has 1 saturated heterocycles. The number of hydrogen-bond donors (Lipinski definition) is 2. The molecule has 4 amide bonds. The monoisotopic (exact) mass is 454 g/mol. The Morgan fingerprint density at radius 1 is 1.06 bits per heavy atom. The van der Waals surface area contributed by atoms with E-state index in [0.29, 0.717) is 50.1 Å². The number of rotatable bonds is 8. The minimum atomic E-state index is -0.692. The maximum atomic E-state index is 13.2. The second-order valence-electron chi connectivity index (χ2n) is 9.50. The van der Waals surface area contributed by atoms with E-state index in [9.17, 15) is 19.2 Å². The van der Waals surface area contributed by atoms with Crippen LogP contribution in [0.15, 0.2) is 24.3 Å². The Morgan fingerprint density at radius 3 is 2.58 bits per heavy atom. The van der Waals surface area contributed by atoms with Gasteiger partial charge in [-0.15, -0.1) is 0 Å². The number of benzene rings is 1. The van der Waals surface area contributed by atoms with Gasteiger partial charge in [0.1, 0.15) is 5.66 Å². The van der Waals surface area contributed by atoms with Gasteiger partial charge in [-0.05, 0) is 44.7 Å². The Kier molecular flexibility index (Phi) is 7.00. The van der Waals surface area contributed by atoms with E-state index < -0.39 is 5.66 Å². The molecule has 1 aliphatic carbocycles. The van der Waals surface area contributed by atoms with E-state index in [1.54, 1.807) is 21.9 Å². The van der Waals surface area contributed by atoms with Gasteiger partial charge in [-0.2, -0.15) is 0 Å². The molecule has 2 fully saturated rings. The number of hydrogen-bond acceptors (Lipinski definition) is 4. The van der Waals surface area contributed by atoms with Crippen molar-refractivity contribution in [2.24, 2.45) is 5.92 Å². The van der Waals surface area contributed by atoms with Crippen molar-refractivity contribution in [3.8, 4) is 0 Å². The Labute approximate surface area is 195 Å². The topological polar surface area (TPSA) is 98.8 Å². The average molecular weight is 455 g/mol. The zero-order valence-electron chi connectivity index (χ0n) is 19.4. The molecule has 1 saturated carbocycles. The van der Waals surface area contributed by atoms with E-state index in [4.69, 9.17) is 0 Å². The highest BCUT2D eigenvalue weighted by Crippen LogP contribution is 2.44. The molecule has 1 aromatic rings. The summed E-state index contributed by atoms with van der Waals surface area (Å²) in [6.07, 6.45) is 7.14. The number of anilines is 1. The fourth-order valence-electron chi connectivity index (χ4n) is 5.42. The van der Waals surface area contributed by atoms with Gasteiger partial charge in [-0.3, -0.25) is 24.1 Å². The van der Waals surface area contributed by atoms with Crippen LogP contribution in [0.5, 0.6) is 0 Å². The highest BCUT2D eigenvalue weighted by Gasteiger charge is 2.52. The van der Waals surface area contributed by atoms with Gasteiger partial charge < -0.3 is 15.5 Å². The van der Waals surface area contributed by atoms with Crippen LogP contribution in [-0.4, -0.2) is 53.8 Å². The number of carbonyl (C=O) groups excluding carboxylic acids is 4. The molecule has 8 heteroatoms. The summed E-state index contributed by atoms with van der Waals surface area (Å²) in [4.78, 5) is 53.7. The molecule has 2 heterocycles. The number of para-hydroxylation sites is 1. The summed E-state index contributed by atoms with van der Waals surface area (Å²) in [6.45, 7) is 3.16. The van der Waals surface area contributed by atoms with Crippen LogP contribution in [0.2, 0.25) is 0 Å². The summed E-state index contributed by atoms with van der Waals surface area (Å²) >= 11 is 0. The third-order valence-corrected chi connectivity index (χ3v) is 7.25. The lowest BCUT2D eigenvalue weighted by Crippen LogP contribution is -2.62. The Balaban J connectivity index is 1.24. The molecule has 0 aromatic heterocycles. The summed E-state index contributed by atoms with van der Waals surface area (Å²) in [5.41, 5.74) is 0.516. The van der Waals surface area contributed by atoms with Gasteiger partial charge in [0.25, 0.3) is 5.91 Å². The predicted octanol–water partition coefficient (Wildman–Crippen LogP) is 2.58. The number of amides is 4. The van der Waals surface area contributed by atoms with Gasteiger partial charge in [-0.1, -0.05) is 31.4 Å².